The molecule has 0 spiro atoms. The molecular formula is C18H30O4Si. The van der Waals surface area contributed by atoms with Crippen LogP contribution in [0.1, 0.15) is 66.7 Å². The molecule has 1 fully saturated rings. The summed E-state index contributed by atoms with van der Waals surface area (Å²) < 4.78 is 11.9. The molecule has 1 aliphatic rings. The normalized spacial score (nSPS) is 17.5. The van der Waals surface area contributed by atoms with Gasteiger partial charge in [-0.15, -0.1) is 0 Å². The second-order valence-corrected chi connectivity index (χ2v) is 11.4. The van der Waals surface area contributed by atoms with Crippen molar-refractivity contribution >= 4 is 20.5 Å². The molecule has 0 amide bonds. The molecule has 0 aromatic carbocycles. The van der Waals surface area contributed by atoms with Crippen LogP contribution >= 0.6 is 0 Å². The topological polar surface area (TPSA) is 52.6 Å². The number of carbonyl (C=O) groups is 2. The van der Waals surface area contributed by atoms with Gasteiger partial charge in [0, 0.05) is 21.7 Å². The summed E-state index contributed by atoms with van der Waals surface area (Å²) in [5.41, 5.74) is 0.610. The smallest absolute Gasteiger partial charge is 0.473 e. The number of hydrogen-bond acceptors (Lipinski definition) is 4. The minimum Gasteiger partial charge on any atom is -0.481 e. The number of hydrogen-bond donors (Lipinski definition) is 0. The Morgan fingerprint density at radius 3 is 1.65 bits per heavy atom. The van der Waals surface area contributed by atoms with Gasteiger partial charge in [-0.05, 0) is 26.7 Å². The molecule has 0 bridgehead atoms. The van der Waals surface area contributed by atoms with Crippen molar-refractivity contribution in [3.63, 3.8) is 0 Å². The van der Waals surface area contributed by atoms with Gasteiger partial charge >= 0.3 is 20.5 Å². The van der Waals surface area contributed by atoms with Gasteiger partial charge in [-0.2, -0.15) is 0 Å². The van der Waals surface area contributed by atoms with E-state index in [1.54, 1.807) is 13.8 Å². The lowest BCUT2D eigenvalue weighted by Gasteiger charge is -2.47. The average molecular weight is 339 g/mol. The first-order chi connectivity index (χ1) is 10.6. The van der Waals surface area contributed by atoms with E-state index >= 15 is 0 Å². The quantitative estimate of drug-likeness (QED) is 0.515. The van der Waals surface area contributed by atoms with Crippen molar-refractivity contribution in [3.05, 3.63) is 24.3 Å². The number of rotatable bonds is 6. The second-order valence-electron chi connectivity index (χ2n) is 7.28. The van der Waals surface area contributed by atoms with Gasteiger partial charge < -0.3 is 8.85 Å². The van der Waals surface area contributed by atoms with E-state index in [1.165, 1.54) is 6.42 Å². The Kier molecular flexibility index (Phi) is 6.39. The van der Waals surface area contributed by atoms with Gasteiger partial charge in [0.15, 0.2) is 0 Å². The predicted octanol–water partition coefficient (Wildman–Crippen LogP) is 4.80. The molecule has 0 aromatic heterocycles. The van der Waals surface area contributed by atoms with Crippen molar-refractivity contribution in [2.45, 2.75) is 77.3 Å². The molecule has 0 saturated heterocycles. The van der Waals surface area contributed by atoms with Crippen LogP contribution < -0.4 is 0 Å². The average Bonchev–Trinajstić information content (AvgIpc) is 2.46. The molecule has 5 heteroatoms. The first-order valence-corrected chi connectivity index (χ1v) is 10.2. The molecule has 1 aliphatic carbocycles. The third-order valence-electron chi connectivity index (χ3n) is 4.74. The van der Waals surface area contributed by atoms with Crippen LogP contribution in [0.5, 0.6) is 0 Å². The highest BCUT2D eigenvalue weighted by Crippen LogP contribution is 2.55. The predicted molar refractivity (Wildman–Crippen MR) is 94.1 cm³/mol. The Morgan fingerprint density at radius 2 is 1.35 bits per heavy atom. The molecule has 130 valence electrons. The standard InChI is InChI=1S/C18H30O4Si/c1-13(2)16(19)21-23(15(5)6,22-17(20)14(3)4)18(7)11-9-8-10-12-18/h15H,1,3,8-12H2,2,4-7H3. The SMILES string of the molecule is C=C(C)C(=O)O[Si](OC(=O)C(=C)C)(C(C)C)C1(C)CCCCC1. The summed E-state index contributed by atoms with van der Waals surface area (Å²) in [5, 5.41) is -0.282. The Balaban J connectivity index is 3.33. The number of carbonyl (C=O) groups excluding carboxylic acids is 2. The van der Waals surface area contributed by atoms with E-state index in [0.717, 1.165) is 25.7 Å². The molecule has 23 heavy (non-hydrogen) atoms. The summed E-state index contributed by atoms with van der Waals surface area (Å²) >= 11 is 0. The van der Waals surface area contributed by atoms with Crippen molar-refractivity contribution in [2.24, 2.45) is 0 Å². The van der Waals surface area contributed by atoms with Crippen LogP contribution in [0.25, 0.3) is 0 Å². The minimum absolute atomic E-state index is 0.0443. The summed E-state index contributed by atoms with van der Waals surface area (Å²) in [6, 6.07) is 0. The monoisotopic (exact) mass is 338 g/mol. The van der Waals surface area contributed by atoms with Gasteiger partial charge in [0.05, 0.1) is 0 Å². The van der Waals surface area contributed by atoms with Crippen molar-refractivity contribution in [1.29, 1.82) is 0 Å². The molecule has 0 N–H and O–H groups in total. The zero-order valence-electron chi connectivity index (χ0n) is 15.2. The van der Waals surface area contributed by atoms with E-state index in [4.69, 9.17) is 8.85 Å². The van der Waals surface area contributed by atoms with Crippen LogP contribution in [0, 0.1) is 0 Å². The van der Waals surface area contributed by atoms with Crippen LogP contribution in [0.2, 0.25) is 10.6 Å². The van der Waals surface area contributed by atoms with Crippen LogP contribution in [0.3, 0.4) is 0 Å². The van der Waals surface area contributed by atoms with Gasteiger partial charge in [0.25, 0.3) is 0 Å². The highest BCUT2D eigenvalue weighted by Gasteiger charge is 2.62. The fourth-order valence-electron chi connectivity index (χ4n) is 3.33. The molecule has 4 nitrogen and oxygen atoms in total. The molecule has 0 atom stereocenters. The maximum absolute atomic E-state index is 12.3. The molecular weight excluding hydrogens is 308 g/mol. The summed E-state index contributed by atoms with van der Waals surface area (Å²) in [6.45, 7) is 16.6. The van der Waals surface area contributed by atoms with Crippen molar-refractivity contribution < 1.29 is 18.4 Å². The van der Waals surface area contributed by atoms with E-state index < -0.39 is 20.5 Å². The van der Waals surface area contributed by atoms with Crippen LogP contribution in [-0.4, -0.2) is 20.5 Å². The summed E-state index contributed by atoms with van der Waals surface area (Å²) in [5.74, 6) is -0.932. The lowest BCUT2D eigenvalue weighted by atomic mass is 9.90. The fraction of sp³-hybridized carbons (Fsp3) is 0.667. The van der Waals surface area contributed by atoms with E-state index in [-0.39, 0.29) is 10.6 Å². The molecule has 1 rings (SSSR count). The highest BCUT2D eigenvalue weighted by atomic mass is 28.4. The van der Waals surface area contributed by atoms with E-state index in [0.29, 0.717) is 11.1 Å². The highest BCUT2D eigenvalue weighted by molar-refractivity contribution is 6.75. The Bertz CT molecular complexity index is 473. The summed E-state index contributed by atoms with van der Waals surface area (Å²) in [4.78, 5) is 24.6. The van der Waals surface area contributed by atoms with Gasteiger partial charge in [-0.1, -0.05) is 53.2 Å². The van der Waals surface area contributed by atoms with Crippen molar-refractivity contribution in [3.8, 4) is 0 Å². The lowest BCUT2D eigenvalue weighted by molar-refractivity contribution is -0.138. The first kappa shape index (κ1) is 19.7. The van der Waals surface area contributed by atoms with Gasteiger partial charge in [-0.3, -0.25) is 0 Å². The molecule has 0 heterocycles. The third kappa shape index (κ3) is 4.13. The zero-order chi connectivity index (χ0) is 17.8. The van der Waals surface area contributed by atoms with Crippen LogP contribution in [-0.2, 0) is 18.4 Å². The molecule has 0 unspecified atom stereocenters. The van der Waals surface area contributed by atoms with Crippen LogP contribution in [0.15, 0.2) is 24.3 Å². The zero-order valence-corrected chi connectivity index (χ0v) is 16.2. The van der Waals surface area contributed by atoms with Gasteiger partial charge in [-0.25, -0.2) is 9.59 Å². The van der Waals surface area contributed by atoms with Crippen molar-refractivity contribution in [2.75, 3.05) is 0 Å². The van der Waals surface area contributed by atoms with Crippen molar-refractivity contribution in [1.82, 2.24) is 0 Å². The molecule has 0 radical (unpaired) electrons. The minimum atomic E-state index is -3.17. The Morgan fingerprint density at radius 1 is 0.957 bits per heavy atom. The maximum atomic E-state index is 12.3. The van der Waals surface area contributed by atoms with Gasteiger partial charge in [0.1, 0.15) is 0 Å². The van der Waals surface area contributed by atoms with E-state index in [1.807, 2.05) is 13.8 Å². The second kappa shape index (κ2) is 7.47. The summed E-state index contributed by atoms with van der Waals surface area (Å²) in [6.07, 6.45) is 5.11. The Hall–Kier alpha value is -1.36. The fourth-order valence-corrected chi connectivity index (χ4v) is 7.68. The largest absolute Gasteiger partial charge is 0.481 e. The molecule has 0 aliphatic heterocycles. The van der Waals surface area contributed by atoms with Crippen LogP contribution in [0.4, 0.5) is 0 Å². The Labute approximate surface area is 141 Å². The van der Waals surface area contributed by atoms with Gasteiger partial charge in [0.2, 0.25) is 0 Å². The first-order valence-electron chi connectivity index (χ1n) is 8.33. The molecule has 0 aromatic rings. The maximum Gasteiger partial charge on any atom is 0.473 e. The lowest BCUT2D eigenvalue weighted by Crippen LogP contribution is -2.58. The van der Waals surface area contributed by atoms with E-state index in [2.05, 4.69) is 20.1 Å². The van der Waals surface area contributed by atoms with E-state index in [9.17, 15) is 9.59 Å². The third-order valence-corrected chi connectivity index (χ3v) is 9.42. The summed E-state index contributed by atoms with van der Waals surface area (Å²) in [7, 11) is -3.17. The molecule has 1 saturated carbocycles.